The van der Waals surface area contributed by atoms with Crippen molar-refractivity contribution in [3.8, 4) is 0 Å². The molecule has 2 amide bonds. The van der Waals surface area contributed by atoms with Crippen LogP contribution in [0.2, 0.25) is 0 Å². The van der Waals surface area contributed by atoms with Gasteiger partial charge in [0, 0.05) is 18.9 Å². The van der Waals surface area contributed by atoms with E-state index in [-0.39, 0.29) is 17.9 Å². The Kier molecular flexibility index (Phi) is 3.30. The van der Waals surface area contributed by atoms with Gasteiger partial charge < -0.3 is 9.32 Å². The third kappa shape index (κ3) is 2.74. The summed E-state index contributed by atoms with van der Waals surface area (Å²) in [6.07, 6.45) is 2.77. The zero-order chi connectivity index (χ0) is 14.1. The first kappa shape index (κ1) is 12.9. The fraction of sp³-hybridized carbons (Fsp3) is 0.500. The molecule has 1 saturated carbocycles. The van der Waals surface area contributed by atoms with E-state index >= 15 is 0 Å². The lowest BCUT2D eigenvalue weighted by Crippen LogP contribution is -2.41. The molecular formula is C14H17N3O3. The van der Waals surface area contributed by atoms with Crippen molar-refractivity contribution >= 4 is 17.5 Å². The molecule has 6 heteroatoms. The van der Waals surface area contributed by atoms with Crippen LogP contribution < -0.4 is 5.43 Å². The number of aryl methyl sites for hydroxylation is 1. The highest BCUT2D eigenvalue weighted by Gasteiger charge is 2.35. The average molecular weight is 275 g/mol. The molecule has 1 N–H and O–H groups in total. The summed E-state index contributed by atoms with van der Waals surface area (Å²) in [6, 6.07) is 4.05. The van der Waals surface area contributed by atoms with Gasteiger partial charge >= 0.3 is 0 Å². The van der Waals surface area contributed by atoms with Gasteiger partial charge in [0.1, 0.15) is 17.2 Å². The fourth-order valence-corrected chi connectivity index (χ4v) is 2.29. The summed E-state index contributed by atoms with van der Waals surface area (Å²) >= 11 is 0. The second-order valence-electron chi connectivity index (χ2n) is 5.27. The maximum atomic E-state index is 12.5. The Labute approximate surface area is 116 Å². The predicted octanol–water partition coefficient (Wildman–Crippen LogP) is 1.35. The molecule has 0 saturated heterocycles. The first-order valence-electron chi connectivity index (χ1n) is 6.85. The standard InChI is InChI=1S/C14H17N3O3/c1-9-2-5-11(20-9)8-17(10-3-4-10)14(19)12-6-7-13(18)16-15-12/h2,5,10H,3-4,6-8H2,1H3,(H,16,18). The molecule has 0 bridgehead atoms. The van der Waals surface area contributed by atoms with E-state index in [0.717, 1.165) is 24.4 Å². The summed E-state index contributed by atoms with van der Waals surface area (Å²) in [5.41, 5.74) is 2.80. The van der Waals surface area contributed by atoms with E-state index in [1.54, 1.807) is 4.90 Å². The van der Waals surface area contributed by atoms with E-state index in [1.165, 1.54) is 0 Å². The van der Waals surface area contributed by atoms with Gasteiger partial charge in [-0.1, -0.05) is 0 Å². The first-order chi connectivity index (χ1) is 9.63. The molecule has 0 atom stereocenters. The number of furan rings is 1. The molecule has 2 aliphatic rings. The van der Waals surface area contributed by atoms with Gasteiger partial charge in [-0.3, -0.25) is 9.59 Å². The molecule has 1 aliphatic carbocycles. The third-order valence-electron chi connectivity index (χ3n) is 3.52. The van der Waals surface area contributed by atoms with Gasteiger partial charge in [-0.2, -0.15) is 5.10 Å². The summed E-state index contributed by atoms with van der Waals surface area (Å²) in [5, 5.41) is 3.88. The van der Waals surface area contributed by atoms with Crippen molar-refractivity contribution < 1.29 is 14.0 Å². The Hall–Kier alpha value is -2.11. The van der Waals surface area contributed by atoms with Crippen LogP contribution in [0.5, 0.6) is 0 Å². The minimum absolute atomic E-state index is 0.0958. The van der Waals surface area contributed by atoms with E-state index in [2.05, 4.69) is 10.5 Å². The van der Waals surface area contributed by atoms with Crippen molar-refractivity contribution in [2.45, 2.75) is 45.2 Å². The molecule has 1 fully saturated rings. The van der Waals surface area contributed by atoms with E-state index in [4.69, 9.17) is 4.42 Å². The number of carbonyl (C=O) groups excluding carboxylic acids is 2. The third-order valence-corrected chi connectivity index (χ3v) is 3.52. The highest BCUT2D eigenvalue weighted by atomic mass is 16.3. The fourth-order valence-electron chi connectivity index (χ4n) is 2.29. The van der Waals surface area contributed by atoms with Gasteiger partial charge in [-0.15, -0.1) is 0 Å². The Morgan fingerprint density at radius 3 is 2.80 bits per heavy atom. The van der Waals surface area contributed by atoms with Gasteiger partial charge in [0.2, 0.25) is 5.91 Å². The van der Waals surface area contributed by atoms with Crippen molar-refractivity contribution in [3.05, 3.63) is 23.7 Å². The van der Waals surface area contributed by atoms with Crippen LogP contribution in [0.15, 0.2) is 21.7 Å². The number of hydrogen-bond donors (Lipinski definition) is 1. The minimum atomic E-state index is -0.138. The minimum Gasteiger partial charge on any atom is -0.464 e. The molecule has 106 valence electrons. The zero-order valence-electron chi connectivity index (χ0n) is 11.4. The highest BCUT2D eigenvalue weighted by Crippen LogP contribution is 2.29. The van der Waals surface area contributed by atoms with Crippen LogP contribution in [0.1, 0.15) is 37.2 Å². The topological polar surface area (TPSA) is 74.9 Å². The number of hydrazone groups is 1. The summed E-state index contributed by atoms with van der Waals surface area (Å²) < 4.78 is 5.54. The molecule has 6 nitrogen and oxygen atoms in total. The number of nitrogens with zero attached hydrogens (tertiary/aromatic N) is 2. The Bertz CT molecular complexity index is 572. The maximum Gasteiger partial charge on any atom is 0.270 e. The molecule has 3 rings (SSSR count). The van der Waals surface area contributed by atoms with Crippen LogP contribution in [0.3, 0.4) is 0 Å². The number of hydrogen-bond acceptors (Lipinski definition) is 4. The molecular weight excluding hydrogens is 258 g/mol. The highest BCUT2D eigenvalue weighted by molar-refractivity contribution is 6.39. The van der Waals surface area contributed by atoms with Crippen LogP contribution in [-0.2, 0) is 16.1 Å². The predicted molar refractivity (Wildman–Crippen MR) is 71.8 cm³/mol. The Morgan fingerprint density at radius 2 is 2.25 bits per heavy atom. The summed E-state index contributed by atoms with van der Waals surface area (Å²) in [5.74, 6) is 1.39. The Morgan fingerprint density at radius 1 is 1.45 bits per heavy atom. The normalized spacial score (nSPS) is 18.4. The van der Waals surface area contributed by atoms with E-state index in [9.17, 15) is 9.59 Å². The van der Waals surface area contributed by atoms with Crippen molar-refractivity contribution in [1.29, 1.82) is 0 Å². The van der Waals surface area contributed by atoms with Gasteiger partial charge in [-0.25, -0.2) is 5.43 Å². The van der Waals surface area contributed by atoms with Crippen LogP contribution in [0, 0.1) is 6.92 Å². The zero-order valence-corrected chi connectivity index (χ0v) is 11.4. The molecule has 1 aromatic rings. The lowest BCUT2D eigenvalue weighted by atomic mass is 10.1. The lowest BCUT2D eigenvalue weighted by Gasteiger charge is -2.23. The molecule has 2 heterocycles. The second-order valence-corrected chi connectivity index (χ2v) is 5.27. The molecule has 1 aliphatic heterocycles. The van der Waals surface area contributed by atoms with E-state index < -0.39 is 0 Å². The van der Waals surface area contributed by atoms with Crippen LogP contribution in [-0.4, -0.2) is 28.5 Å². The maximum absolute atomic E-state index is 12.5. The largest absolute Gasteiger partial charge is 0.464 e. The molecule has 1 aromatic heterocycles. The van der Waals surface area contributed by atoms with Crippen molar-refractivity contribution in [3.63, 3.8) is 0 Å². The van der Waals surface area contributed by atoms with Crippen LogP contribution >= 0.6 is 0 Å². The van der Waals surface area contributed by atoms with E-state index in [1.807, 2.05) is 19.1 Å². The quantitative estimate of drug-likeness (QED) is 0.901. The summed E-state index contributed by atoms with van der Waals surface area (Å²) in [7, 11) is 0. The number of rotatable bonds is 4. The Balaban J connectivity index is 1.73. The number of carbonyl (C=O) groups is 2. The van der Waals surface area contributed by atoms with Crippen molar-refractivity contribution in [1.82, 2.24) is 10.3 Å². The summed E-state index contributed by atoms with van der Waals surface area (Å²) in [6.45, 7) is 2.35. The van der Waals surface area contributed by atoms with Crippen LogP contribution in [0.4, 0.5) is 0 Å². The second kappa shape index (κ2) is 5.11. The molecule has 20 heavy (non-hydrogen) atoms. The van der Waals surface area contributed by atoms with Gasteiger partial charge in [0.05, 0.1) is 6.54 Å². The first-order valence-corrected chi connectivity index (χ1v) is 6.85. The number of nitrogens with one attached hydrogen (secondary N) is 1. The lowest BCUT2D eigenvalue weighted by molar-refractivity contribution is -0.126. The molecule has 0 aromatic carbocycles. The van der Waals surface area contributed by atoms with Gasteiger partial charge in [0.25, 0.3) is 5.91 Å². The molecule has 0 spiro atoms. The van der Waals surface area contributed by atoms with Crippen molar-refractivity contribution in [2.24, 2.45) is 5.10 Å². The smallest absolute Gasteiger partial charge is 0.270 e. The summed E-state index contributed by atoms with van der Waals surface area (Å²) in [4.78, 5) is 25.4. The monoisotopic (exact) mass is 275 g/mol. The molecule has 0 unspecified atom stereocenters. The molecule has 0 radical (unpaired) electrons. The van der Waals surface area contributed by atoms with Gasteiger partial charge in [0.15, 0.2) is 0 Å². The van der Waals surface area contributed by atoms with E-state index in [0.29, 0.717) is 25.1 Å². The average Bonchev–Trinajstić information content (AvgIpc) is 3.19. The number of amides is 2. The van der Waals surface area contributed by atoms with Crippen LogP contribution in [0.25, 0.3) is 0 Å². The SMILES string of the molecule is Cc1ccc(CN(C(=O)C2=NNC(=O)CC2)C2CC2)o1. The van der Waals surface area contributed by atoms with Crippen molar-refractivity contribution in [2.75, 3.05) is 0 Å². The van der Waals surface area contributed by atoms with Gasteiger partial charge in [-0.05, 0) is 31.9 Å².